The van der Waals surface area contributed by atoms with Crippen molar-refractivity contribution in [3.63, 3.8) is 0 Å². The number of hydrogen-bond acceptors (Lipinski definition) is 6. The molecule has 1 saturated heterocycles. The topological polar surface area (TPSA) is 90.6 Å². The quantitative estimate of drug-likeness (QED) is 0.493. The fourth-order valence-electron chi connectivity index (χ4n) is 2.57. The number of esters is 1. The molecule has 0 bridgehead atoms. The number of benzene rings is 1. The van der Waals surface area contributed by atoms with E-state index in [4.69, 9.17) is 10.5 Å². The highest BCUT2D eigenvalue weighted by Crippen LogP contribution is 2.30. The zero-order valence-corrected chi connectivity index (χ0v) is 15.6. The third-order valence-corrected chi connectivity index (χ3v) is 3.78. The third-order valence-electron chi connectivity index (χ3n) is 3.78. The molecule has 1 aromatic rings. The molecule has 2 rings (SSSR count). The summed E-state index contributed by atoms with van der Waals surface area (Å²) in [6.07, 6.45) is 2.20. The highest BCUT2D eigenvalue weighted by atomic mass is 16.5. The number of carbonyl (C=O) groups excluding carboxylic acids is 2. The summed E-state index contributed by atoms with van der Waals surface area (Å²) in [4.78, 5) is 21.2. The lowest BCUT2D eigenvalue weighted by Gasteiger charge is -2.24. The molecule has 0 atom stereocenters. The Kier molecular flexibility index (Phi) is 8.41. The number of ether oxygens (including phenoxy) is 2. The maximum absolute atomic E-state index is 11.6. The van der Waals surface area contributed by atoms with E-state index >= 15 is 0 Å². The van der Waals surface area contributed by atoms with Crippen LogP contribution in [0.2, 0.25) is 0 Å². The van der Waals surface area contributed by atoms with Gasteiger partial charge in [-0.05, 0) is 77.2 Å². The van der Waals surface area contributed by atoms with Crippen LogP contribution in [0, 0.1) is 0 Å². The molecule has 1 aliphatic heterocycles. The molecule has 140 valence electrons. The van der Waals surface area contributed by atoms with Crippen molar-refractivity contribution in [3.05, 3.63) is 29.3 Å². The number of hydrogen-bond donors (Lipinski definition) is 2. The summed E-state index contributed by atoms with van der Waals surface area (Å²) in [6.45, 7) is 10.2. The Morgan fingerprint density at radius 3 is 2.40 bits per heavy atom. The Morgan fingerprint density at radius 1 is 1.32 bits per heavy atom. The van der Waals surface area contributed by atoms with E-state index in [9.17, 15) is 9.59 Å². The van der Waals surface area contributed by atoms with Gasteiger partial charge in [-0.1, -0.05) is 6.07 Å². The first-order chi connectivity index (χ1) is 11.8. The van der Waals surface area contributed by atoms with Gasteiger partial charge in [-0.3, -0.25) is 4.79 Å². The number of nitrogens with two attached hydrogens (primary N) is 1. The van der Waals surface area contributed by atoms with Gasteiger partial charge in [0.25, 0.3) is 6.47 Å². The molecule has 1 aliphatic rings. The second-order valence-corrected chi connectivity index (χ2v) is 6.91. The van der Waals surface area contributed by atoms with E-state index in [-0.39, 0.29) is 11.6 Å². The van der Waals surface area contributed by atoms with Crippen molar-refractivity contribution in [1.82, 2.24) is 5.32 Å². The molecule has 25 heavy (non-hydrogen) atoms. The zero-order chi connectivity index (χ0) is 18.9. The summed E-state index contributed by atoms with van der Waals surface area (Å²) in [5.74, 6) is 0.198. The Morgan fingerprint density at radius 2 is 1.96 bits per heavy atom. The van der Waals surface area contributed by atoms with Crippen LogP contribution in [0.4, 0.5) is 5.69 Å². The minimum atomic E-state index is -0.318. The summed E-state index contributed by atoms with van der Waals surface area (Å²) in [5.41, 5.74) is 8.13. The average molecular weight is 350 g/mol. The third kappa shape index (κ3) is 7.56. The van der Waals surface area contributed by atoms with Crippen LogP contribution in [-0.4, -0.2) is 37.7 Å². The standard InChI is InChI=1S/C14H20N2O2.C5H10O2/c1-2-18-14(17)11-3-4-12(13(15)9-11)10-5-7-16-8-6-10;1-5(2,3)7-4-6/h3-4,9-10,16H,2,5-8,15H2,1H3;4H,1-3H3. The van der Waals surface area contributed by atoms with Gasteiger partial charge < -0.3 is 20.5 Å². The van der Waals surface area contributed by atoms with Crippen LogP contribution >= 0.6 is 0 Å². The van der Waals surface area contributed by atoms with Crippen molar-refractivity contribution >= 4 is 18.1 Å². The Balaban J connectivity index is 0.000000381. The first-order valence-electron chi connectivity index (χ1n) is 8.67. The predicted octanol–water partition coefficient (Wildman–Crippen LogP) is 2.87. The second kappa shape index (κ2) is 10.0. The lowest BCUT2D eigenvalue weighted by molar-refractivity contribution is -0.138. The van der Waals surface area contributed by atoms with Crippen LogP contribution in [0.25, 0.3) is 0 Å². The van der Waals surface area contributed by atoms with E-state index in [2.05, 4.69) is 10.1 Å². The van der Waals surface area contributed by atoms with E-state index in [1.165, 1.54) is 0 Å². The Hall–Kier alpha value is -2.08. The van der Waals surface area contributed by atoms with Gasteiger partial charge in [0.05, 0.1) is 12.2 Å². The Labute approximate surface area is 150 Å². The van der Waals surface area contributed by atoms with Gasteiger partial charge in [0.15, 0.2) is 0 Å². The predicted molar refractivity (Wildman–Crippen MR) is 98.6 cm³/mol. The molecule has 0 amide bonds. The smallest absolute Gasteiger partial charge is 0.338 e. The average Bonchev–Trinajstić information content (AvgIpc) is 2.55. The molecule has 1 aromatic carbocycles. The maximum atomic E-state index is 11.6. The van der Waals surface area contributed by atoms with Crippen LogP contribution in [0.3, 0.4) is 0 Å². The molecular formula is C19H30N2O4. The summed E-state index contributed by atoms with van der Waals surface area (Å²) in [7, 11) is 0. The molecule has 1 fully saturated rings. The molecule has 6 nitrogen and oxygen atoms in total. The molecule has 0 aliphatic carbocycles. The lowest BCUT2D eigenvalue weighted by Crippen LogP contribution is -2.27. The van der Waals surface area contributed by atoms with Crippen LogP contribution < -0.4 is 11.1 Å². The molecule has 6 heteroatoms. The summed E-state index contributed by atoms with van der Waals surface area (Å²) in [6, 6.07) is 5.51. The summed E-state index contributed by atoms with van der Waals surface area (Å²) in [5, 5.41) is 3.34. The normalized spacial score (nSPS) is 14.9. The highest BCUT2D eigenvalue weighted by molar-refractivity contribution is 5.90. The van der Waals surface area contributed by atoms with Crippen molar-refractivity contribution < 1.29 is 19.1 Å². The number of rotatable bonds is 4. The van der Waals surface area contributed by atoms with E-state index in [1.54, 1.807) is 13.0 Å². The van der Waals surface area contributed by atoms with Gasteiger partial charge in [0, 0.05) is 5.69 Å². The fourth-order valence-corrected chi connectivity index (χ4v) is 2.57. The van der Waals surface area contributed by atoms with Crippen molar-refractivity contribution in [1.29, 1.82) is 0 Å². The van der Waals surface area contributed by atoms with Crippen molar-refractivity contribution in [2.45, 2.75) is 52.1 Å². The van der Waals surface area contributed by atoms with Crippen LogP contribution in [-0.2, 0) is 14.3 Å². The molecule has 0 unspecified atom stereocenters. The minimum Gasteiger partial charge on any atom is -0.462 e. The number of anilines is 1. The van der Waals surface area contributed by atoms with E-state index in [0.29, 0.717) is 30.2 Å². The first-order valence-corrected chi connectivity index (χ1v) is 8.67. The Bertz CT molecular complexity index is 561. The highest BCUT2D eigenvalue weighted by Gasteiger charge is 2.18. The summed E-state index contributed by atoms with van der Waals surface area (Å²) >= 11 is 0. The number of carbonyl (C=O) groups is 2. The largest absolute Gasteiger partial charge is 0.462 e. The van der Waals surface area contributed by atoms with E-state index in [0.717, 1.165) is 31.5 Å². The molecular weight excluding hydrogens is 320 g/mol. The summed E-state index contributed by atoms with van der Waals surface area (Å²) < 4.78 is 9.51. The minimum absolute atomic E-state index is 0.305. The fraction of sp³-hybridized carbons (Fsp3) is 0.579. The van der Waals surface area contributed by atoms with Crippen molar-refractivity contribution in [3.8, 4) is 0 Å². The van der Waals surface area contributed by atoms with Crippen LogP contribution in [0.1, 0.15) is 62.4 Å². The van der Waals surface area contributed by atoms with E-state index < -0.39 is 0 Å². The first kappa shape index (κ1) is 21.0. The van der Waals surface area contributed by atoms with Crippen molar-refractivity contribution in [2.24, 2.45) is 0 Å². The number of piperidine rings is 1. The van der Waals surface area contributed by atoms with Gasteiger partial charge in [-0.15, -0.1) is 0 Å². The molecule has 0 spiro atoms. The van der Waals surface area contributed by atoms with Gasteiger partial charge in [-0.2, -0.15) is 0 Å². The zero-order valence-electron chi connectivity index (χ0n) is 15.6. The number of nitrogens with one attached hydrogen (secondary N) is 1. The molecule has 0 aromatic heterocycles. The molecule has 1 heterocycles. The van der Waals surface area contributed by atoms with Crippen molar-refractivity contribution in [2.75, 3.05) is 25.4 Å². The lowest BCUT2D eigenvalue weighted by atomic mass is 9.88. The SMILES string of the molecule is CC(C)(C)OC=O.CCOC(=O)c1ccc(C2CCNCC2)c(N)c1. The monoisotopic (exact) mass is 350 g/mol. The van der Waals surface area contributed by atoms with Gasteiger partial charge >= 0.3 is 5.97 Å². The van der Waals surface area contributed by atoms with Crippen LogP contribution in [0.15, 0.2) is 18.2 Å². The second-order valence-electron chi connectivity index (χ2n) is 6.91. The van der Waals surface area contributed by atoms with Gasteiger partial charge in [0.2, 0.25) is 0 Å². The van der Waals surface area contributed by atoms with Gasteiger partial charge in [0.1, 0.15) is 5.60 Å². The molecule has 0 saturated carbocycles. The van der Waals surface area contributed by atoms with Crippen LogP contribution in [0.5, 0.6) is 0 Å². The number of nitrogen functional groups attached to an aromatic ring is 1. The molecule has 0 radical (unpaired) electrons. The van der Waals surface area contributed by atoms with Gasteiger partial charge in [-0.25, -0.2) is 4.79 Å². The molecule has 3 N–H and O–H groups in total. The van der Waals surface area contributed by atoms with E-state index in [1.807, 2.05) is 32.9 Å². The maximum Gasteiger partial charge on any atom is 0.338 e.